The van der Waals surface area contributed by atoms with Crippen LogP contribution in [-0.2, 0) is 19.4 Å². The van der Waals surface area contributed by atoms with Crippen LogP contribution in [0.25, 0.3) is 0 Å². The molecule has 150 valence electrons. The summed E-state index contributed by atoms with van der Waals surface area (Å²) in [5.41, 5.74) is 3.12. The highest BCUT2D eigenvalue weighted by atomic mass is 35.5. The van der Waals surface area contributed by atoms with Crippen molar-refractivity contribution < 1.29 is 13.5 Å². The molecule has 1 aliphatic rings. The van der Waals surface area contributed by atoms with E-state index >= 15 is 0 Å². The van der Waals surface area contributed by atoms with Crippen molar-refractivity contribution in [2.45, 2.75) is 26.0 Å². The van der Waals surface area contributed by atoms with E-state index in [1.807, 2.05) is 6.07 Å². The van der Waals surface area contributed by atoms with Crippen molar-refractivity contribution in [3.05, 3.63) is 51.7 Å². The molecule has 0 aliphatic carbocycles. The van der Waals surface area contributed by atoms with Gasteiger partial charge in [-0.1, -0.05) is 23.7 Å². The first-order chi connectivity index (χ1) is 14.0. The molecule has 0 bridgehead atoms. The maximum absolute atomic E-state index is 12.2. The van der Waals surface area contributed by atoms with E-state index in [9.17, 15) is 14.0 Å². The molecule has 1 aliphatic heterocycles. The van der Waals surface area contributed by atoms with Crippen molar-refractivity contribution >= 4 is 17.4 Å². The summed E-state index contributed by atoms with van der Waals surface area (Å²) >= 11 is 6.18. The van der Waals surface area contributed by atoms with Gasteiger partial charge in [-0.05, 0) is 36.1 Å². The number of hydrogen-bond donors (Lipinski definition) is 1. The van der Waals surface area contributed by atoms with Crippen LogP contribution in [0.3, 0.4) is 0 Å². The van der Waals surface area contributed by atoms with Crippen molar-refractivity contribution in [2.75, 3.05) is 25.0 Å². The van der Waals surface area contributed by atoms with Gasteiger partial charge in [-0.2, -0.15) is 19.3 Å². The van der Waals surface area contributed by atoms with Gasteiger partial charge in [0.25, 0.3) is 0 Å². The van der Waals surface area contributed by atoms with Crippen LogP contribution in [0.1, 0.15) is 22.3 Å². The second-order valence-electron chi connectivity index (χ2n) is 6.51. The van der Waals surface area contributed by atoms with Crippen LogP contribution in [0.5, 0.6) is 5.75 Å². The first kappa shape index (κ1) is 20.8. The van der Waals surface area contributed by atoms with Gasteiger partial charge in [0, 0.05) is 25.2 Å². The molecular weight excluding hydrogens is 400 g/mol. The Kier molecular flexibility index (Phi) is 6.82. The van der Waals surface area contributed by atoms with Crippen LogP contribution < -0.4 is 10.1 Å². The lowest BCUT2D eigenvalue weighted by molar-refractivity contribution is -0.0498. The fourth-order valence-corrected chi connectivity index (χ4v) is 3.60. The minimum absolute atomic E-state index is 0.108. The Hall–Kier alpha value is -2.94. The largest absolute Gasteiger partial charge is 0.435 e. The molecule has 0 radical (unpaired) electrons. The van der Waals surface area contributed by atoms with Gasteiger partial charge < -0.3 is 10.1 Å². The summed E-state index contributed by atoms with van der Waals surface area (Å²) in [4.78, 5) is 6.44. The molecule has 0 fully saturated rings. The number of nitrogens with one attached hydrogen (secondary N) is 1. The highest BCUT2D eigenvalue weighted by Gasteiger charge is 2.25. The van der Waals surface area contributed by atoms with Crippen LogP contribution in [0.15, 0.2) is 24.3 Å². The number of hydrogen-bond acceptors (Lipinski definition) is 6. The summed E-state index contributed by atoms with van der Waals surface area (Å²) in [6.07, 6.45) is 1.41. The zero-order chi connectivity index (χ0) is 20.8. The van der Waals surface area contributed by atoms with Crippen LogP contribution in [0, 0.1) is 22.7 Å². The second kappa shape index (κ2) is 9.51. The molecule has 1 aromatic carbocycles. The Balaban J connectivity index is 1.70. The number of rotatable bonds is 7. The minimum atomic E-state index is -2.84. The summed E-state index contributed by atoms with van der Waals surface area (Å²) in [7, 11) is 0. The third-order valence-electron chi connectivity index (χ3n) is 4.74. The predicted octanol–water partition coefficient (Wildman–Crippen LogP) is 3.74. The highest BCUT2D eigenvalue weighted by molar-refractivity contribution is 6.30. The van der Waals surface area contributed by atoms with Crippen molar-refractivity contribution in [3.63, 3.8) is 0 Å². The summed E-state index contributed by atoms with van der Waals surface area (Å²) in [6, 6.07) is 10.7. The zero-order valence-corrected chi connectivity index (χ0v) is 16.2. The van der Waals surface area contributed by atoms with Crippen LogP contribution in [0.4, 0.5) is 14.6 Å². The number of alkyl halides is 2. The van der Waals surface area contributed by atoms with Gasteiger partial charge in [0.05, 0.1) is 11.6 Å². The van der Waals surface area contributed by atoms with Gasteiger partial charge in [-0.25, -0.2) is 4.98 Å². The summed E-state index contributed by atoms with van der Waals surface area (Å²) in [5.74, 6) is 0.689. The fraction of sp³-hybridized carbons (Fsp3) is 0.350. The van der Waals surface area contributed by atoms with Gasteiger partial charge in [0.1, 0.15) is 29.3 Å². The molecule has 2 aromatic rings. The molecule has 0 atom stereocenters. The van der Waals surface area contributed by atoms with Gasteiger partial charge >= 0.3 is 6.61 Å². The number of ether oxygens (including phenoxy) is 1. The molecule has 29 heavy (non-hydrogen) atoms. The van der Waals surface area contributed by atoms with Crippen molar-refractivity contribution in [1.29, 1.82) is 10.5 Å². The molecule has 1 aromatic heterocycles. The second-order valence-corrected chi connectivity index (χ2v) is 6.86. The highest BCUT2D eigenvalue weighted by Crippen LogP contribution is 2.31. The molecule has 1 N–H and O–H groups in total. The topological polar surface area (TPSA) is 85.0 Å². The van der Waals surface area contributed by atoms with E-state index in [0.29, 0.717) is 24.3 Å². The SMILES string of the molecule is N#CCNc1nc(Cl)c(C#N)c2c1CCN(CCc1ccc(OC(F)F)cc1)C2. The average molecular weight is 418 g/mol. The van der Waals surface area contributed by atoms with Crippen LogP contribution >= 0.6 is 11.6 Å². The number of nitrogens with zero attached hydrogens (tertiary/aromatic N) is 4. The van der Waals surface area contributed by atoms with E-state index in [1.54, 1.807) is 12.1 Å². The Morgan fingerprint density at radius 2 is 2.00 bits per heavy atom. The molecule has 0 spiro atoms. The number of benzene rings is 1. The van der Waals surface area contributed by atoms with Crippen molar-refractivity contribution in [2.24, 2.45) is 0 Å². The maximum Gasteiger partial charge on any atom is 0.387 e. The van der Waals surface area contributed by atoms with Gasteiger partial charge in [0.15, 0.2) is 0 Å². The number of fused-ring (bicyclic) bond motifs is 1. The standard InChI is InChI=1S/C20H18ClF2N5O/c21-18-16(11-25)17-12-28(10-6-15(17)19(27-18)26-8-7-24)9-5-13-1-3-14(4-2-13)29-20(22)23/h1-4,20H,5-6,8-10,12H2,(H,26,27). The average Bonchev–Trinajstić information content (AvgIpc) is 2.71. The minimum Gasteiger partial charge on any atom is -0.435 e. The molecule has 3 rings (SSSR count). The van der Waals surface area contributed by atoms with E-state index in [1.165, 1.54) is 12.1 Å². The Labute approximate surface area is 172 Å². The van der Waals surface area contributed by atoms with Crippen LogP contribution in [0.2, 0.25) is 5.15 Å². The van der Waals surface area contributed by atoms with Crippen molar-refractivity contribution in [3.8, 4) is 17.9 Å². The zero-order valence-electron chi connectivity index (χ0n) is 15.5. The fourth-order valence-electron chi connectivity index (χ4n) is 3.35. The Bertz CT molecular complexity index is 953. The Morgan fingerprint density at radius 3 is 2.66 bits per heavy atom. The predicted molar refractivity (Wildman–Crippen MR) is 104 cm³/mol. The molecular formula is C20H18ClF2N5O. The molecule has 0 unspecified atom stereocenters. The van der Waals surface area contributed by atoms with E-state index in [4.69, 9.17) is 16.9 Å². The van der Waals surface area contributed by atoms with E-state index < -0.39 is 6.61 Å². The molecule has 0 amide bonds. The maximum atomic E-state index is 12.2. The number of nitriles is 2. The first-order valence-electron chi connectivity index (χ1n) is 9.00. The van der Waals surface area contributed by atoms with E-state index in [-0.39, 0.29) is 17.4 Å². The lowest BCUT2D eigenvalue weighted by Crippen LogP contribution is -2.33. The normalized spacial score (nSPS) is 13.4. The van der Waals surface area contributed by atoms with Gasteiger partial charge in [0.2, 0.25) is 0 Å². The van der Waals surface area contributed by atoms with Gasteiger partial charge in [-0.15, -0.1) is 0 Å². The third-order valence-corrected chi connectivity index (χ3v) is 5.01. The lowest BCUT2D eigenvalue weighted by Gasteiger charge is -2.30. The number of aromatic nitrogens is 1. The monoisotopic (exact) mass is 417 g/mol. The molecule has 0 saturated carbocycles. The van der Waals surface area contributed by atoms with Crippen molar-refractivity contribution in [1.82, 2.24) is 9.88 Å². The molecule has 2 heterocycles. The molecule has 0 saturated heterocycles. The quantitative estimate of drug-likeness (QED) is 0.545. The number of halogens is 3. The molecule has 9 heteroatoms. The third kappa shape index (κ3) is 5.11. The smallest absolute Gasteiger partial charge is 0.387 e. The summed E-state index contributed by atoms with van der Waals surface area (Å²) in [6.45, 7) is -0.669. The number of anilines is 1. The summed E-state index contributed by atoms with van der Waals surface area (Å²) < 4.78 is 28.8. The number of pyridine rings is 1. The molecule has 6 nitrogen and oxygen atoms in total. The van der Waals surface area contributed by atoms with E-state index in [2.05, 4.69) is 26.0 Å². The summed E-state index contributed by atoms with van der Waals surface area (Å²) in [5, 5.41) is 21.4. The van der Waals surface area contributed by atoms with E-state index in [0.717, 1.165) is 36.2 Å². The lowest BCUT2D eigenvalue weighted by atomic mass is 9.96. The van der Waals surface area contributed by atoms with Crippen LogP contribution in [-0.4, -0.2) is 36.1 Å². The Morgan fingerprint density at radius 1 is 1.24 bits per heavy atom. The first-order valence-corrected chi connectivity index (χ1v) is 9.38. The van der Waals surface area contributed by atoms with Gasteiger partial charge in [-0.3, -0.25) is 4.90 Å².